The van der Waals surface area contributed by atoms with Gasteiger partial charge in [0.15, 0.2) is 0 Å². The molecule has 0 atom stereocenters. The molecule has 0 bridgehead atoms. The number of rotatable bonds is 7. The summed E-state index contributed by atoms with van der Waals surface area (Å²) >= 11 is 0. The van der Waals surface area contributed by atoms with Crippen LogP contribution >= 0.6 is 0 Å². The number of allylic oxidation sites excluding steroid dienone is 3. The highest BCUT2D eigenvalue weighted by Crippen LogP contribution is 2.15. The highest BCUT2D eigenvalue weighted by atomic mass is 16.5. The van der Waals surface area contributed by atoms with E-state index < -0.39 is 0 Å². The smallest absolute Gasteiger partial charge is 0.137 e. The summed E-state index contributed by atoms with van der Waals surface area (Å²) < 4.78 is 5.45. The molecule has 1 aliphatic heterocycles. The van der Waals surface area contributed by atoms with Crippen molar-refractivity contribution in [2.75, 3.05) is 39.8 Å². The van der Waals surface area contributed by atoms with Gasteiger partial charge in [0.1, 0.15) is 5.76 Å². The van der Waals surface area contributed by atoms with E-state index in [1.165, 1.54) is 44.6 Å². The lowest BCUT2D eigenvalue weighted by atomic mass is 10.2. The van der Waals surface area contributed by atoms with E-state index in [4.69, 9.17) is 4.74 Å². The van der Waals surface area contributed by atoms with Crippen LogP contribution in [0, 0.1) is 0 Å². The molecule has 3 nitrogen and oxygen atoms in total. The van der Waals surface area contributed by atoms with Gasteiger partial charge in [0, 0.05) is 26.2 Å². The number of piperazine rings is 1. The summed E-state index contributed by atoms with van der Waals surface area (Å²) in [6, 6.07) is 0. The van der Waals surface area contributed by atoms with Gasteiger partial charge in [0.2, 0.25) is 0 Å². The van der Waals surface area contributed by atoms with Crippen LogP contribution in [0.1, 0.15) is 40.0 Å². The Morgan fingerprint density at radius 2 is 1.84 bits per heavy atom. The standard InChI is InChI=1S/C16H30N2O/c1-5-7-8-10-17-11-13-18(14-12-17)15(3)16(19-4)9-6-2/h6,9H,5,7-8,10-14H2,1-4H3. The molecule has 0 unspecified atom stereocenters. The second kappa shape index (κ2) is 9.03. The normalized spacial score (nSPS) is 18.8. The Labute approximate surface area is 118 Å². The summed E-state index contributed by atoms with van der Waals surface area (Å²) in [6.07, 6.45) is 8.08. The summed E-state index contributed by atoms with van der Waals surface area (Å²) in [4.78, 5) is 5.02. The monoisotopic (exact) mass is 266 g/mol. The lowest BCUT2D eigenvalue weighted by Gasteiger charge is -2.36. The molecule has 0 aliphatic carbocycles. The maximum absolute atomic E-state index is 5.45. The van der Waals surface area contributed by atoms with Crippen molar-refractivity contribution in [3.63, 3.8) is 0 Å². The first-order valence-electron chi connectivity index (χ1n) is 7.57. The van der Waals surface area contributed by atoms with Crippen LogP contribution in [-0.2, 0) is 4.74 Å². The molecule has 1 heterocycles. The highest BCUT2D eigenvalue weighted by molar-refractivity contribution is 5.18. The SMILES string of the molecule is CC=CC(OC)=C(C)N1CCN(CCCCC)CC1. The molecule has 0 N–H and O–H groups in total. The van der Waals surface area contributed by atoms with Gasteiger partial charge in [-0.1, -0.05) is 25.8 Å². The van der Waals surface area contributed by atoms with Crippen LogP contribution in [0.15, 0.2) is 23.6 Å². The Kier molecular flexibility index (Phi) is 7.65. The van der Waals surface area contributed by atoms with E-state index in [2.05, 4.69) is 23.6 Å². The van der Waals surface area contributed by atoms with Gasteiger partial charge in [-0.2, -0.15) is 0 Å². The molecule has 110 valence electrons. The van der Waals surface area contributed by atoms with Crippen molar-refractivity contribution in [3.05, 3.63) is 23.6 Å². The predicted octanol–water partition coefficient (Wildman–Crippen LogP) is 3.25. The third-order valence-electron chi connectivity index (χ3n) is 3.82. The van der Waals surface area contributed by atoms with Gasteiger partial charge in [-0.25, -0.2) is 0 Å². The highest BCUT2D eigenvalue weighted by Gasteiger charge is 2.18. The number of unbranched alkanes of at least 4 members (excludes halogenated alkanes) is 2. The quantitative estimate of drug-likeness (QED) is 0.400. The largest absolute Gasteiger partial charge is 0.495 e. The first-order chi connectivity index (χ1) is 9.22. The fourth-order valence-corrected chi connectivity index (χ4v) is 2.54. The number of nitrogens with zero attached hydrogens (tertiary/aromatic N) is 2. The van der Waals surface area contributed by atoms with Crippen molar-refractivity contribution in [1.82, 2.24) is 9.80 Å². The minimum absolute atomic E-state index is 0.988. The van der Waals surface area contributed by atoms with Crippen molar-refractivity contribution >= 4 is 0 Å². The third-order valence-corrected chi connectivity index (χ3v) is 3.82. The summed E-state index contributed by atoms with van der Waals surface area (Å²) in [5, 5.41) is 0. The summed E-state index contributed by atoms with van der Waals surface area (Å²) in [5.41, 5.74) is 1.26. The van der Waals surface area contributed by atoms with Crippen LogP contribution < -0.4 is 0 Å². The maximum Gasteiger partial charge on any atom is 0.137 e. The van der Waals surface area contributed by atoms with E-state index in [0.717, 1.165) is 18.8 Å². The van der Waals surface area contributed by atoms with Gasteiger partial charge in [-0.05, 0) is 32.9 Å². The Hall–Kier alpha value is -0.960. The molecule has 1 rings (SSSR count). The second-order valence-electron chi connectivity index (χ2n) is 5.19. The Balaban J connectivity index is 2.44. The van der Waals surface area contributed by atoms with Crippen LogP contribution in [0.2, 0.25) is 0 Å². The van der Waals surface area contributed by atoms with Gasteiger partial charge < -0.3 is 9.64 Å². The van der Waals surface area contributed by atoms with E-state index >= 15 is 0 Å². The van der Waals surface area contributed by atoms with Crippen LogP contribution in [0.3, 0.4) is 0 Å². The van der Waals surface area contributed by atoms with Crippen LogP contribution in [0.25, 0.3) is 0 Å². The molecule has 1 saturated heterocycles. The van der Waals surface area contributed by atoms with Gasteiger partial charge >= 0.3 is 0 Å². The summed E-state index contributed by atoms with van der Waals surface area (Å²) in [7, 11) is 1.75. The Morgan fingerprint density at radius 3 is 2.37 bits per heavy atom. The van der Waals surface area contributed by atoms with Crippen molar-refractivity contribution < 1.29 is 4.74 Å². The summed E-state index contributed by atoms with van der Waals surface area (Å²) in [5.74, 6) is 0.988. The molecule has 0 aromatic heterocycles. The minimum Gasteiger partial charge on any atom is -0.495 e. The Bertz CT molecular complexity index is 302. The molecule has 19 heavy (non-hydrogen) atoms. The molecule has 0 amide bonds. The molecule has 0 radical (unpaired) electrons. The van der Waals surface area contributed by atoms with E-state index in [-0.39, 0.29) is 0 Å². The number of methoxy groups -OCH3 is 1. The average Bonchev–Trinajstić information content (AvgIpc) is 2.45. The van der Waals surface area contributed by atoms with Crippen molar-refractivity contribution in [2.24, 2.45) is 0 Å². The molecule has 1 aliphatic rings. The molecule has 3 heteroatoms. The van der Waals surface area contributed by atoms with Crippen LogP contribution in [0.4, 0.5) is 0 Å². The topological polar surface area (TPSA) is 15.7 Å². The predicted molar refractivity (Wildman–Crippen MR) is 82.1 cm³/mol. The zero-order valence-electron chi connectivity index (χ0n) is 13.1. The zero-order valence-corrected chi connectivity index (χ0v) is 13.1. The fourth-order valence-electron chi connectivity index (χ4n) is 2.54. The number of hydrogen-bond acceptors (Lipinski definition) is 3. The molecule has 0 aromatic carbocycles. The molecular weight excluding hydrogens is 236 g/mol. The zero-order chi connectivity index (χ0) is 14.1. The lowest BCUT2D eigenvalue weighted by molar-refractivity contribution is 0.150. The van der Waals surface area contributed by atoms with Crippen molar-refractivity contribution in [2.45, 2.75) is 40.0 Å². The number of hydrogen-bond donors (Lipinski definition) is 0. The van der Waals surface area contributed by atoms with Gasteiger partial charge in [0.25, 0.3) is 0 Å². The van der Waals surface area contributed by atoms with E-state index in [1.807, 2.05) is 19.1 Å². The van der Waals surface area contributed by atoms with Crippen molar-refractivity contribution in [1.29, 1.82) is 0 Å². The first-order valence-corrected chi connectivity index (χ1v) is 7.57. The van der Waals surface area contributed by atoms with Crippen LogP contribution in [-0.4, -0.2) is 49.6 Å². The maximum atomic E-state index is 5.45. The molecule has 0 spiro atoms. The van der Waals surface area contributed by atoms with E-state index in [1.54, 1.807) is 7.11 Å². The second-order valence-corrected chi connectivity index (χ2v) is 5.19. The molecule has 0 aromatic rings. The van der Waals surface area contributed by atoms with Crippen molar-refractivity contribution in [3.8, 4) is 0 Å². The lowest BCUT2D eigenvalue weighted by Crippen LogP contribution is -2.45. The van der Waals surface area contributed by atoms with Gasteiger partial charge in [0.05, 0.1) is 12.8 Å². The van der Waals surface area contributed by atoms with E-state index in [0.29, 0.717) is 0 Å². The fraction of sp³-hybridized carbons (Fsp3) is 0.750. The number of ether oxygens (including phenoxy) is 1. The minimum atomic E-state index is 0.988. The molecule has 1 fully saturated rings. The molecular formula is C16H30N2O. The van der Waals surface area contributed by atoms with Gasteiger partial charge in [-0.3, -0.25) is 4.90 Å². The summed E-state index contributed by atoms with van der Waals surface area (Å²) in [6.45, 7) is 12.3. The van der Waals surface area contributed by atoms with Gasteiger partial charge in [-0.15, -0.1) is 0 Å². The molecule has 0 saturated carbocycles. The first kappa shape index (κ1) is 16.1. The van der Waals surface area contributed by atoms with E-state index in [9.17, 15) is 0 Å². The average molecular weight is 266 g/mol. The Morgan fingerprint density at radius 1 is 1.16 bits per heavy atom. The van der Waals surface area contributed by atoms with Crippen LogP contribution in [0.5, 0.6) is 0 Å². The third kappa shape index (κ3) is 5.27.